The molecule has 3 aliphatic heterocycles. The van der Waals surface area contributed by atoms with Gasteiger partial charge in [-0.1, -0.05) is 45.0 Å². The van der Waals surface area contributed by atoms with Crippen molar-refractivity contribution in [2.75, 3.05) is 47.1 Å². The van der Waals surface area contributed by atoms with E-state index in [1.54, 1.807) is 101 Å². The van der Waals surface area contributed by atoms with Crippen molar-refractivity contribution < 1.29 is 62.0 Å². The fourth-order valence-corrected chi connectivity index (χ4v) is 8.84. The molecule has 0 aliphatic carbocycles. The molecule has 0 saturated carbocycles. The van der Waals surface area contributed by atoms with Crippen LogP contribution in [0.3, 0.4) is 0 Å². The van der Waals surface area contributed by atoms with Gasteiger partial charge in [0, 0.05) is 49.1 Å². The number of carbonyl (C=O) groups excluding carboxylic acids is 8. The predicted octanol–water partition coefficient (Wildman–Crippen LogP) is 6.17. The van der Waals surface area contributed by atoms with Crippen LogP contribution in [0, 0.1) is 5.41 Å². The maximum Gasteiger partial charge on any atom is 0.329 e. The van der Waals surface area contributed by atoms with Crippen molar-refractivity contribution in [1.82, 2.24) is 25.8 Å². The third-order valence-electron chi connectivity index (χ3n) is 13.5. The Balaban J connectivity index is 0.873. The smallest absolute Gasteiger partial charge is 0.329 e. The number of hydrogen-bond acceptors (Lipinski definition) is 15. The van der Waals surface area contributed by atoms with Crippen LogP contribution in [-0.2, 0) is 51.3 Å². The first-order chi connectivity index (χ1) is 36.1. The number of azo groups is 1. The fraction of sp³-hybridized carbons (Fsp3) is 0.418. The highest BCUT2D eigenvalue weighted by atomic mass is 16.5. The fourth-order valence-electron chi connectivity index (χ4n) is 8.84. The summed E-state index contributed by atoms with van der Waals surface area (Å²) in [5, 5.41) is 16.4. The van der Waals surface area contributed by atoms with Gasteiger partial charge in [0.2, 0.25) is 17.6 Å². The number of rotatable bonds is 23. The molecule has 3 aliphatic rings. The molecule has 3 atom stereocenters. The number of aryl methyl sites for hydroxylation is 1. The molecule has 75 heavy (non-hydrogen) atoms. The first-order valence-corrected chi connectivity index (χ1v) is 25.0. The Morgan fingerprint density at radius 1 is 0.800 bits per heavy atom. The van der Waals surface area contributed by atoms with Crippen LogP contribution in [0.1, 0.15) is 98.9 Å². The Morgan fingerprint density at radius 3 is 2.20 bits per heavy atom. The molecule has 20 nitrogen and oxygen atoms in total. The summed E-state index contributed by atoms with van der Waals surface area (Å²) in [6.45, 7) is 5.31. The van der Waals surface area contributed by atoms with Gasteiger partial charge in [0.15, 0.2) is 24.7 Å². The van der Waals surface area contributed by atoms with Gasteiger partial charge in [-0.15, -0.1) is 0 Å². The number of nitrogens with one attached hydrogen (secondary N) is 3. The molecule has 4 aromatic carbocycles. The van der Waals surface area contributed by atoms with Crippen LogP contribution in [0.15, 0.2) is 95.2 Å². The van der Waals surface area contributed by atoms with Crippen LogP contribution >= 0.6 is 0 Å². The van der Waals surface area contributed by atoms with Crippen molar-refractivity contribution >= 4 is 58.6 Å². The molecule has 3 N–H and O–H groups in total. The van der Waals surface area contributed by atoms with E-state index >= 15 is 0 Å². The van der Waals surface area contributed by atoms with Crippen molar-refractivity contribution in [3.8, 4) is 23.0 Å². The van der Waals surface area contributed by atoms with Gasteiger partial charge in [-0.3, -0.25) is 38.9 Å². The molecule has 4 aromatic rings. The second-order valence-corrected chi connectivity index (χ2v) is 19.0. The number of piperidine rings is 2. The lowest BCUT2D eigenvalue weighted by atomic mass is 9.84. The number of ether oxygens (including phenoxy) is 5. The van der Waals surface area contributed by atoms with Crippen molar-refractivity contribution in [2.24, 2.45) is 15.6 Å². The number of nitrogens with zero attached hydrogens (tertiary/aromatic N) is 4. The monoisotopic (exact) mass is 1030 g/mol. The van der Waals surface area contributed by atoms with E-state index in [9.17, 15) is 38.4 Å². The standard InChI is InChI=1S/C55H63N7O13/c1-6-55(2,3)50(66)53(69)61-28-8-7-15-43(61)54(70)75-44(23-16-34-17-24-45(71-4)46(29-34)72-5)35-11-9-12-38(30-35)74-33-49(65)57-27-26-56-48(64)32-73-37-20-18-36(19-21-37)59-60-41-14-10-13-39-40(41)31-62(52(39)68)42-22-25-47(63)58-51(42)67/h9-14,17-21,24,29-30,42-44H,6-8,15-16,22-23,25-28,31-33H2,1-5H3,(H,56,64)(H,57,65)(H,58,63,67)/b60-59-/t42?,43-,44+/m0/s1. The molecule has 3 heterocycles. The van der Waals surface area contributed by atoms with E-state index in [0.717, 1.165) is 5.56 Å². The average molecular weight is 1030 g/mol. The van der Waals surface area contributed by atoms with Gasteiger partial charge < -0.3 is 44.1 Å². The van der Waals surface area contributed by atoms with Gasteiger partial charge in [-0.25, -0.2) is 4.79 Å². The van der Waals surface area contributed by atoms with E-state index < -0.39 is 59.0 Å². The number of benzene rings is 4. The molecule has 7 rings (SSSR count). The number of likely N-dealkylation sites (tertiary alicyclic amines) is 1. The zero-order valence-corrected chi connectivity index (χ0v) is 42.8. The second kappa shape index (κ2) is 25.2. The highest BCUT2D eigenvalue weighted by Crippen LogP contribution is 2.36. The lowest BCUT2D eigenvalue weighted by Gasteiger charge is -2.36. The minimum absolute atomic E-state index is 0.109. The molecule has 0 bridgehead atoms. The topological polar surface area (TPSA) is 250 Å². The minimum atomic E-state index is -0.931. The summed E-state index contributed by atoms with van der Waals surface area (Å²) in [6, 6.07) is 22.4. The highest BCUT2D eigenvalue weighted by molar-refractivity contribution is 6.38. The Hall–Kier alpha value is -8.16. The summed E-state index contributed by atoms with van der Waals surface area (Å²) in [7, 11) is 3.10. The first kappa shape index (κ1) is 54.6. The van der Waals surface area contributed by atoms with Gasteiger partial charge in [0.05, 0.1) is 25.6 Å². The summed E-state index contributed by atoms with van der Waals surface area (Å²) in [6.07, 6.45) is 2.59. The van der Waals surface area contributed by atoms with E-state index in [4.69, 9.17) is 23.7 Å². The number of hydrogen-bond donors (Lipinski definition) is 3. The van der Waals surface area contributed by atoms with Gasteiger partial charge in [-0.2, -0.15) is 10.2 Å². The lowest BCUT2D eigenvalue weighted by Crippen LogP contribution is -2.53. The zero-order valence-electron chi connectivity index (χ0n) is 42.8. The normalized spacial score (nSPS) is 16.9. The van der Waals surface area contributed by atoms with Crippen molar-refractivity contribution in [3.63, 3.8) is 0 Å². The van der Waals surface area contributed by atoms with Crippen LogP contribution in [0.2, 0.25) is 0 Å². The van der Waals surface area contributed by atoms with E-state index in [2.05, 4.69) is 26.2 Å². The summed E-state index contributed by atoms with van der Waals surface area (Å²) in [4.78, 5) is 106. The summed E-state index contributed by atoms with van der Waals surface area (Å²) < 4.78 is 28.6. The minimum Gasteiger partial charge on any atom is -0.493 e. The largest absolute Gasteiger partial charge is 0.493 e. The third-order valence-corrected chi connectivity index (χ3v) is 13.5. The SMILES string of the molecule is CCC(C)(C)C(=O)C(=O)N1CCCC[C@H]1C(=O)O[C@H](CCc1ccc(OC)c(OC)c1)c1cccc(OCC(=O)NCCNC(=O)COc2ccc(/N=N\c3cccc4c3CN(C3CCC(=O)NC3=O)C4=O)cc2)c1. The molecule has 20 heteroatoms. The Kier molecular flexibility index (Phi) is 18.3. The van der Waals surface area contributed by atoms with Crippen LogP contribution in [0.25, 0.3) is 0 Å². The van der Waals surface area contributed by atoms with E-state index in [1.807, 2.05) is 19.1 Å². The third kappa shape index (κ3) is 13.9. The van der Waals surface area contributed by atoms with Crippen molar-refractivity contribution in [2.45, 2.75) is 96.9 Å². The van der Waals surface area contributed by atoms with Gasteiger partial charge in [-0.05, 0) is 117 Å². The molecule has 2 saturated heterocycles. The second-order valence-electron chi connectivity index (χ2n) is 19.0. The number of amides is 6. The lowest BCUT2D eigenvalue weighted by molar-refractivity contribution is -0.164. The molecule has 0 radical (unpaired) electrons. The molecule has 0 aromatic heterocycles. The predicted molar refractivity (Wildman–Crippen MR) is 272 cm³/mol. The van der Waals surface area contributed by atoms with Crippen LogP contribution in [-0.4, -0.2) is 116 Å². The van der Waals surface area contributed by atoms with Crippen LogP contribution in [0.4, 0.5) is 11.4 Å². The molecular weight excluding hydrogens is 967 g/mol. The Morgan fingerprint density at radius 2 is 1.51 bits per heavy atom. The molecule has 1 unspecified atom stereocenters. The quantitative estimate of drug-likeness (QED) is 0.0247. The molecule has 2 fully saturated rings. The van der Waals surface area contributed by atoms with Gasteiger partial charge in [0.25, 0.3) is 23.6 Å². The highest BCUT2D eigenvalue weighted by Gasteiger charge is 2.42. The number of methoxy groups -OCH3 is 2. The van der Waals surface area contributed by atoms with Crippen molar-refractivity contribution in [1.29, 1.82) is 0 Å². The number of imide groups is 1. The summed E-state index contributed by atoms with van der Waals surface area (Å²) in [5.41, 5.74) is 2.63. The summed E-state index contributed by atoms with van der Waals surface area (Å²) in [5.74, 6) is -2.00. The van der Waals surface area contributed by atoms with E-state index in [-0.39, 0.29) is 64.0 Å². The number of fused-ring (bicyclic) bond motifs is 1. The maximum absolute atomic E-state index is 14.0. The number of Topliss-reactive ketones (excluding diaryl/α,β-unsaturated/α-hetero) is 1. The van der Waals surface area contributed by atoms with Gasteiger partial charge in [0.1, 0.15) is 29.7 Å². The van der Waals surface area contributed by atoms with Crippen LogP contribution < -0.4 is 34.9 Å². The average Bonchev–Trinajstić information content (AvgIpc) is 3.76. The molecule has 396 valence electrons. The Bertz CT molecular complexity index is 2810. The molecule has 6 amide bonds. The van der Waals surface area contributed by atoms with Gasteiger partial charge >= 0.3 is 5.97 Å². The van der Waals surface area contributed by atoms with E-state index in [0.29, 0.717) is 89.6 Å². The molecule has 0 spiro atoms. The number of esters is 1. The number of carbonyl (C=O) groups is 8. The maximum atomic E-state index is 14.0. The van der Waals surface area contributed by atoms with Crippen molar-refractivity contribution in [3.05, 3.63) is 107 Å². The number of ketones is 1. The van der Waals surface area contributed by atoms with Crippen LogP contribution in [0.5, 0.6) is 23.0 Å². The summed E-state index contributed by atoms with van der Waals surface area (Å²) >= 11 is 0. The molecular formula is C55H63N7O13. The first-order valence-electron chi connectivity index (χ1n) is 25.0. The van der Waals surface area contributed by atoms with E-state index in [1.165, 1.54) is 9.80 Å². The Labute approximate surface area is 434 Å². The zero-order chi connectivity index (χ0) is 53.6.